The quantitative estimate of drug-likeness (QED) is 0.828. The molecule has 1 heterocycles. The van der Waals surface area contributed by atoms with Gasteiger partial charge in [-0.15, -0.1) is 0 Å². The van der Waals surface area contributed by atoms with Crippen LogP contribution >= 0.6 is 11.6 Å². The number of hydrogen-bond acceptors (Lipinski definition) is 4. The average Bonchev–Trinajstić information content (AvgIpc) is 2.47. The Morgan fingerprint density at radius 2 is 2.25 bits per heavy atom. The molecule has 5 nitrogen and oxygen atoms in total. The van der Waals surface area contributed by atoms with E-state index in [1.807, 2.05) is 6.07 Å². The van der Waals surface area contributed by atoms with Crippen molar-refractivity contribution in [3.05, 3.63) is 35.5 Å². The van der Waals surface area contributed by atoms with Crippen molar-refractivity contribution < 1.29 is 14.3 Å². The number of halogens is 1. The fourth-order valence-electron chi connectivity index (χ4n) is 1.72. The largest absolute Gasteiger partial charge is 0.481 e. The van der Waals surface area contributed by atoms with Crippen LogP contribution in [0.1, 0.15) is 0 Å². The summed E-state index contributed by atoms with van der Waals surface area (Å²) in [4.78, 5) is 15.8. The number of carbonyl (C=O) groups excluding carboxylic acids is 1. The number of benzene rings is 1. The van der Waals surface area contributed by atoms with Gasteiger partial charge >= 0.3 is 0 Å². The molecular weight excluding hydrogens is 280 g/mol. The minimum absolute atomic E-state index is 0.0724. The first-order chi connectivity index (χ1) is 9.72. The van der Waals surface area contributed by atoms with Gasteiger partial charge in [0.15, 0.2) is 6.61 Å². The molecule has 0 saturated carbocycles. The zero-order valence-electron chi connectivity index (χ0n) is 11.1. The molecule has 2 aromatic rings. The number of carbonyl (C=O) groups is 1. The number of amides is 1. The van der Waals surface area contributed by atoms with Crippen LogP contribution in [0.5, 0.6) is 5.75 Å². The number of aromatic nitrogens is 1. The van der Waals surface area contributed by atoms with Crippen LogP contribution in [-0.4, -0.2) is 37.8 Å². The van der Waals surface area contributed by atoms with Crippen LogP contribution in [0.15, 0.2) is 30.5 Å². The maximum atomic E-state index is 11.6. The Balaban J connectivity index is 2.03. The summed E-state index contributed by atoms with van der Waals surface area (Å²) in [7, 11) is 1.58. The fourth-order valence-corrected chi connectivity index (χ4v) is 1.93. The molecule has 6 heteroatoms. The highest BCUT2D eigenvalue weighted by atomic mass is 35.5. The SMILES string of the molecule is COCCNC(=O)COc1ccc(Cl)c2cccnc12. The first kappa shape index (κ1) is 14.6. The van der Waals surface area contributed by atoms with Gasteiger partial charge in [0.25, 0.3) is 5.91 Å². The van der Waals surface area contributed by atoms with Gasteiger partial charge in [0.05, 0.1) is 11.6 Å². The van der Waals surface area contributed by atoms with Crippen LogP contribution in [-0.2, 0) is 9.53 Å². The standard InChI is InChI=1S/C14H15ClN2O3/c1-19-8-7-16-13(18)9-20-12-5-4-11(15)10-3-2-6-17-14(10)12/h2-6H,7-9H2,1H3,(H,16,18). The molecule has 0 bridgehead atoms. The molecule has 0 atom stereocenters. The average molecular weight is 295 g/mol. The van der Waals surface area contributed by atoms with Crippen molar-refractivity contribution in [2.24, 2.45) is 0 Å². The smallest absolute Gasteiger partial charge is 0.258 e. The van der Waals surface area contributed by atoms with Crippen LogP contribution in [0.4, 0.5) is 0 Å². The lowest BCUT2D eigenvalue weighted by Gasteiger charge is -2.09. The van der Waals surface area contributed by atoms with Gasteiger partial charge in [-0.05, 0) is 24.3 Å². The minimum atomic E-state index is -0.207. The van der Waals surface area contributed by atoms with E-state index in [4.69, 9.17) is 21.1 Å². The van der Waals surface area contributed by atoms with Gasteiger partial charge in [0.2, 0.25) is 0 Å². The Bertz CT molecular complexity index is 604. The monoisotopic (exact) mass is 294 g/mol. The van der Waals surface area contributed by atoms with E-state index in [9.17, 15) is 4.79 Å². The van der Waals surface area contributed by atoms with Crippen molar-refractivity contribution in [1.82, 2.24) is 10.3 Å². The molecule has 1 N–H and O–H groups in total. The second-order valence-corrected chi connectivity index (χ2v) is 4.48. The van der Waals surface area contributed by atoms with Crippen molar-refractivity contribution in [2.45, 2.75) is 0 Å². The maximum absolute atomic E-state index is 11.6. The number of methoxy groups -OCH3 is 1. The normalized spacial score (nSPS) is 10.5. The van der Waals surface area contributed by atoms with E-state index < -0.39 is 0 Å². The van der Waals surface area contributed by atoms with E-state index in [0.29, 0.717) is 29.4 Å². The second kappa shape index (κ2) is 7.07. The molecule has 2 rings (SSSR count). The molecule has 0 aliphatic rings. The van der Waals surface area contributed by atoms with E-state index in [1.54, 1.807) is 31.5 Å². The van der Waals surface area contributed by atoms with Gasteiger partial charge in [-0.3, -0.25) is 9.78 Å². The molecule has 0 radical (unpaired) electrons. The summed E-state index contributed by atoms with van der Waals surface area (Å²) in [5, 5.41) is 4.08. The summed E-state index contributed by atoms with van der Waals surface area (Å²) in [5.74, 6) is 0.327. The first-order valence-electron chi connectivity index (χ1n) is 6.14. The molecule has 1 amide bonds. The molecule has 0 aliphatic heterocycles. The topological polar surface area (TPSA) is 60.5 Å². The van der Waals surface area contributed by atoms with Gasteiger partial charge in [-0.25, -0.2) is 0 Å². The lowest BCUT2D eigenvalue weighted by Crippen LogP contribution is -2.31. The van der Waals surface area contributed by atoms with E-state index in [-0.39, 0.29) is 12.5 Å². The first-order valence-corrected chi connectivity index (χ1v) is 6.52. The van der Waals surface area contributed by atoms with Crippen molar-refractivity contribution in [1.29, 1.82) is 0 Å². The van der Waals surface area contributed by atoms with E-state index in [0.717, 1.165) is 5.39 Å². The minimum Gasteiger partial charge on any atom is -0.481 e. The summed E-state index contributed by atoms with van der Waals surface area (Å²) in [6, 6.07) is 7.09. The van der Waals surface area contributed by atoms with Gasteiger partial charge in [-0.2, -0.15) is 0 Å². The number of ether oxygens (including phenoxy) is 2. The highest BCUT2D eigenvalue weighted by Gasteiger charge is 2.08. The maximum Gasteiger partial charge on any atom is 0.258 e. The molecule has 1 aromatic heterocycles. The third-order valence-electron chi connectivity index (χ3n) is 2.67. The van der Waals surface area contributed by atoms with Gasteiger partial charge in [-0.1, -0.05) is 11.6 Å². The Hall–Kier alpha value is -1.85. The van der Waals surface area contributed by atoms with Gasteiger partial charge in [0, 0.05) is 25.2 Å². The van der Waals surface area contributed by atoms with Crippen molar-refractivity contribution >= 4 is 28.4 Å². The zero-order valence-corrected chi connectivity index (χ0v) is 11.8. The number of fused-ring (bicyclic) bond motifs is 1. The van der Waals surface area contributed by atoms with Crippen molar-refractivity contribution in [2.75, 3.05) is 26.9 Å². The van der Waals surface area contributed by atoms with Crippen LogP contribution in [0.2, 0.25) is 5.02 Å². The summed E-state index contributed by atoms with van der Waals surface area (Å²) in [6.07, 6.45) is 1.66. The third kappa shape index (κ3) is 3.59. The predicted octanol–water partition coefficient (Wildman–Crippen LogP) is 2.03. The molecule has 106 valence electrons. The lowest BCUT2D eigenvalue weighted by molar-refractivity contribution is -0.123. The van der Waals surface area contributed by atoms with E-state index in [1.165, 1.54) is 0 Å². The second-order valence-electron chi connectivity index (χ2n) is 4.08. The van der Waals surface area contributed by atoms with Gasteiger partial charge < -0.3 is 14.8 Å². The molecule has 1 aromatic carbocycles. The third-order valence-corrected chi connectivity index (χ3v) is 3.00. The summed E-state index contributed by atoms with van der Waals surface area (Å²) < 4.78 is 10.3. The molecule has 0 spiro atoms. The number of nitrogens with one attached hydrogen (secondary N) is 1. The van der Waals surface area contributed by atoms with E-state index >= 15 is 0 Å². The Labute approximate surface area is 121 Å². The van der Waals surface area contributed by atoms with Crippen LogP contribution in [0.25, 0.3) is 10.9 Å². The highest BCUT2D eigenvalue weighted by Crippen LogP contribution is 2.29. The predicted molar refractivity (Wildman–Crippen MR) is 77.1 cm³/mol. The Morgan fingerprint density at radius 1 is 1.40 bits per heavy atom. The lowest BCUT2D eigenvalue weighted by atomic mass is 10.2. The fraction of sp³-hybridized carbons (Fsp3) is 0.286. The van der Waals surface area contributed by atoms with Crippen LogP contribution in [0, 0.1) is 0 Å². The number of nitrogens with zero attached hydrogens (tertiary/aromatic N) is 1. The van der Waals surface area contributed by atoms with Crippen LogP contribution < -0.4 is 10.1 Å². The van der Waals surface area contributed by atoms with Crippen molar-refractivity contribution in [3.8, 4) is 5.75 Å². The number of hydrogen-bond donors (Lipinski definition) is 1. The zero-order chi connectivity index (χ0) is 14.4. The Kier molecular flexibility index (Phi) is 5.15. The molecule has 0 fully saturated rings. The van der Waals surface area contributed by atoms with Crippen LogP contribution in [0.3, 0.4) is 0 Å². The highest BCUT2D eigenvalue weighted by molar-refractivity contribution is 6.35. The number of rotatable bonds is 6. The van der Waals surface area contributed by atoms with E-state index in [2.05, 4.69) is 10.3 Å². The number of pyridine rings is 1. The molecule has 0 saturated heterocycles. The molecule has 0 aliphatic carbocycles. The molecule has 20 heavy (non-hydrogen) atoms. The molecule has 0 unspecified atom stereocenters. The summed E-state index contributed by atoms with van der Waals surface area (Å²) in [5.41, 5.74) is 0.643. The Morgan fingerprint density at radius 3 is 3.05 bits per heavy atom. The summed E-state index contributed by atoms with van der Waals surface area (Å²) >= 11 is 6.09. The summed E-state index contributed by atoms with van der Waals surface area (Å²) in [6.45, 7) is 0.854. The van der Waals surface area contributed by atoms with Gasteiger partial charge in [0.1, 0.15) is 11.3 Å². The van der Waals surface area contributed by atoms with Crippen molar-refractivity contribution in [3.63, 3.8) is 0 Å². The molecular formula is C14H15ClN2O3.